The summed E-state index contributed by atoms with van der Waals surface area (Å²) in [5, 5.41) is 10.2. The molecule has 3 heterocycles. The average molecular weight is 392 g/mol. The summed E-state index contributed by atoms with van der Waals surface area (Å²) in [6.07, 6.45) is 3.59. The first-order valence-corrected chi connectivity index (χ1v) is 11.1. The second-order valence-corrected chi connectivity index (χ2v) is 8.80. The summed E-state index contributed by atoms with van der Waals surface area (Å²) in [7, 11) is 1.84. The van der Waals surface area contributed by atoms with Gasteiger partial charge >= 0.3 is 0 Å². The van der Waals surface area contributed by atoms with Crippen molar-refractivity contribution >= 4 is 28.6 Å². The van der Waals surface area contributed by atoms with E-state index in [0.29, 0.717) is 6.04 Å². The molecule has 1 unspecified atom stereocenters. The van der Waals surface area contributed by atoms with Gasteiger partial charge in [-0.05, 0) is 51.4 Å². The summed E-state index contributed by atoms with van der Waals surface area (Å²) in [5.74, 6) is 0.903. The van der Waals surface area contributed by atoms with Gasteiger partial charge in [-0.2, -0.15) is 0 Å². The number of thiophene rings is 1. The van der Waals surface area contributed by atoms with E-state index in [1.165, 1.54) is 29.1 Å². The highest BCUT2D eigenvalue weighted by molar-refractivity contribution is 7.16. The quantitative estimate of drug-likeness (QED) is 0.561. The lowest BCUT2D eigenvalue weighted by molar-refractivity contribution is 0.267. The lowest BCUT2D eigenvalue weighted by atomic mass is 10.2. The number of hydrogen-bond donors (Lipinski definition) is 2. The lowest BCUT2D eigenvalue weighted by Crippen LogP contribution is -2.45. The fourth-order valence-electron chi connectivity index (χ4n) is 3.41. The summed E-state index contributed by atoms with van der Waals surface area (Å²) < 4.78 is 0. The summed E-state index contributed by atoms with van der Waals surface area (Å²) in [4.78, 5) is 14.1. The molecule has 1 saturated heterocycles. The summed E-state index contributed by atoms with van der Waals surface area (Å²) in [5.41, 5.74) is 1.10. The zero-order valence-electron chi connectivity index (χ0n) is 15.9. The maximum atomic E-state index is 4.57. The number of rotatable bonds is 7. The molecular weight excluding hydrogens is 362 g/mol. The fraction of sp³-hybridized carbons (Fsp3) is 0.579. The number of nitrogens with one attached hydrogen (secondary N) is 2. The highest BCUT2D eigenvalue weighted by Crippen LogP contribution is 2.29. The lowest BCUT2D eigenvalue weighted by Gasteiger charge is -2.23. The molecule has 26 heavy (non-hydrogen) atoms. The molecule has 2 N–H and O–H groups in total. The number of aromatic nitrogens is 1. The molecular formula is C19H29N5S2. The van der Waals surface area contributed by atoms with Crippen molar-refractivity contribution in [3.8, 4) is 10.6 Å². The Balaban J connectivity index is 1.42. The highest BCUT2D eigenvalue weighted by Gasteiger charge is 2.22. The first-order chi connectivity index (χ1) is 12.7. The van der Waals surface area contributed by atoms with Crippen LogP contribution in [0, 0.1) is 6.92 Å². The molecule has 5 nitrogen and oxygen atoms in total. The number of likely N-dealkylation sites (tertiary alicyclic amines) is 1. The summed E-state index contributed by atoms with van der Waals surface area (Å²) in [6.45, 7) is 8.52. The molecule has 0 bridgehead atoms. The van der Waals surface area contributed by atoms with Crippen molar-refractivity contribution in [2.24, 2.45) is 4.99 Å². The van der Waals surface area contributed by atoms with Crippen molar-refractivity contribution < 1.29 is 0 Å². The van der Waals surface area contributed by atoms with Gasteiger partial charge in [-0.3, -0.25) is 9.89 Å². The van der Waals surface area contributed by atoms with E-state index < -0.39 is 0 Å². The van der Waals surface area contributed by atoms with Gasteiger partial charge in [0.15, 0.2) is 5.96 Å². The van der Waals surface area contributed by atoms with Crippen LogP contribution in [0.3, 0.4) is 0 Å². The zero-order chi connectivity index (χ0) is 18.4. The molecule has 0 spiro atoms. The third-order valence-electron chi connectivity index (χ3n) is 4.83. The molecule has 0 saturated carbocycles. The highest BCUT2D eigenvalue weighted by atomic mass is 32.1. The number of guanidine groups is 1. The van der Waals surface area contributed by atoms with Gasteiger partial charge in [0.05, 0.1) is 15.6 Å². The minimum absolute atomic E-state index is 0.639. The van der Waals surface area contributed by atoms with Gasteiger partial charge in [0.25, 0.3) is 0 Å². The minimum atomic E-state index is 0.639. The van der Waals surface area contributed by atoms with E-state index in [-0.39, 0.29) is 0 Å². The normalized spacial score (nSPS) is 18.4. The Kier molecular flexibility index (Phi) is 7.05. The Bertz CT molecular complexity index is 721. The average Bonchev–Trinajstić information content (AvgIpc) is 3.38. The topological polar surface area (TPSA) is 52.5 Å². The Morgan fingerprint density at radius 2 is 2.27 bits per heavy atom. The molecule has 2 aromatic rings. The van der Waals surface area contributed by atoms with E-state index in [2.05, 4.69) is 56.9 Å². The number of likely N-dealkylation sites (N-methyl/N-ethyl adjacent to an activating group) is 1. The summed E-state index contributed by atoms with van der Waals surface area (Å²) >= 11 is 3.54. The third kappa shape index (κ3) is 5.05. The number of hydrogen-bond acceptors (Lipinski definition) is 5. The molecule has 0 aromatic carbocycles. The van der Waals surface area contributed by atoms with Crippen LogP contribution in [-0.4, -0.2) is 55.1 Å². The number of thiazole rings is 1. The molecule has 0 amide bonds. The number of aliphatic imine (C=N–C) groups is 1. The van der Waals surface area contributed by atoms with Crippen LogP contribution in [0.5, 0.6) is 0 Å². The molecule has 0 radical (unpaired) electrons. The van der Waals surface area contributed by atoms with E-state index in [1.54, 1.807) is 11.3 Å². The van der Waals surface area contributed by atoms with E-state index in [4.69, 9.17) is 0 Å². The maximum absolute atomic E-state index is 4.57. The van der Waals surface area contributed by atoms with Gasteiger partial charge in [0, 0.05) is 36.4 Å². The first-order valence-electron chi connectivity index (χ1n) is 9.39. The van der Waals surface area contributed by atoms with Crippen molar-refractivity contribution in [1.82, 2.24) is 20.5 Å². The fourth-order valence-corrected chi connectivity index (χ4v) is 5.06. The SMILES string of the molecule is CCN1CCCC1CNC(=NC)NCCc1ccc(-c2csc(C)n2)s1. The van der Waals surface area contributed by atoms with Crippen LogP contribution in [0.2, 0.25) is 0 Å². The van der Waals surface area contributed by atoms with Crippen LogP contribution in [-0.2, 0) is 6.42 Å². The molecule has 1 fully saturated rings. The largest absolute Gasteiger partial charge is 0.356 e. The Morgan fingerprint density at radius 1 is 1.38 bits per heavy atom. The van der Waals surface area contributed by atoms with Crippen molar-refractivity contribution in [3.63, 3.8) is 0 Å². The smallest absolute Gasteiger partial charge is 0.191 e. The van der Waals surface area contributed by atoms with Crippen LogP contribution in [0.1, 0.15) is 29.7 Å². The molecule has 1 aliphatic rings. The van der Waals surface area contributed by atoms with Crippen LogP contribution >= 0.6 is 22.7 Å². The van der Waals surface area contributed by atoms with Crippen LogP contribution in [0.25, 0.3) is 10.6 Å². The number of aryl methyl sites for hydroxylation is 1. The van der Waals surface area contributed by atoms with Crippen LogP contribution in [0.4, 0.5) is 0 Å². The van der Waals surface area contributed by atoms with Gasteiger partial charge in [-0.25, -0.2) is 4.98 Å². The maximum Gasteiger partial charge on any atom is 0.191 e. The molecule has 0 aliphatic carbocycles. The minimum Gasteiger partial charge on any atom is -0.356 e. The van der Waals surface area contributed by atoms with Gasteiger partial charge in [-0.15, -0.1) is 22.7 Å². The monoisotopic (exact) mass is 391 g/mol. The van der Waals surface area contributed by atoms with Crippen LogP contribution in [0.15, 0.2) is 22.5 Å². The Labute approximate surface area is 164 Å². The molecule has 1 aliphatic heterocycles. The van der Waals surface area contributed by atoms with Gasteiger partial charge in [0.2, 0.25) is 0 Å². The molecule has 7 heteroatoms. The predicted octanol–water partition coefficient (Wildman–Crippen LogP) is 3.37. The molecule has 3 rings (SSSR count). The second-order valence-electron chi connectivity index (χ2n) is 6.57. The molecule has 1 atom stereocenters. The predicted molar refractivity (Wildman–Crippen MR) is 114 cm³/mol. The van der Waals surface area contributed by atoms with Gasteiger partial charge in [-0.1, -0.05) is 6.92 Å². The third-order valence-corrected chi connectivity index (χ3v) is 6.77. The first kappa shape index (κ1) is 19.3. The van der Waals surface area contributed by atoms with Crippen molar-refractivity contribution in [1.29, 1.82) is 0 Å². The van der Waals surface area contributed by atoms with Gasteiger partial charge in [0.1, 0.15) is 0 Å². The van der Waals surface area contributed by atoms with Crippen molar-refractivity contribution in [3.05, 3.63) is 27.4 Å². The van der Waals surface area contributed by atoms with Crippen molar-refractivity contribution in [2.45, 2.75) is 39.2 Å². The van der Waals surface area contributed by atoms with Crippen molar-refractivity contribution in [2.75, 3.05) is 33.2 Å². The van der Waals surface area contributed by atoms with E-state index in [1.807, 2.05) is 18.4 Å². The molecule has 142 valence electrons. The van der Waals surface area contributed by atoms with Gasteiger partial charge < -0.3 is 10.6 Å². The van der Waals surface area contributed by atoms with E-state index >= 15 is 0 Å². The van der Waals surface area contributed by atoms with Crippen LogP contribution < -0.4 is 10.6 Å². The second kappa shape index (κ2) is 9.48. The zero-order valence-corrected chi connectivity index (χ0v) is 17.6. The summed E-state index contributed by atoms with van der Waals surface area (Å²) in [6, 6.07) is 5.03. The molecule has 2 aromatic heterocycles. The van der Waals surface area contributed by atoms with E-state index in [9.17, 15) is 0 Å². The Morgan fingerprint density at radius 3 is 3.00 bits per heavy atom. The van der Waals surface area contributed by atoms with E-state index in [0.717, 1.165) is 42.7 Å². The standard InChI is InChI=1S/C19H29N5S2/c1-4-24-11-5-6-15(24)12-22-19(20-3)21-10-9-16-7-8-18(26-16)17-13-25-14(2)23-17/h7-8,13,15H,4-6,9-12H2,1-3H3,(H2,20,21,22). The number of nitrogens with zero attached hydrogens (tertiary/aromatic N) is 3. The Hall–Kier alpha value is -1.44.